The molecular weight excluding hydrogens is 468 g/mol. The van der Waals surface area contributed by atoms with E-state index in [4.69, 9.17) is 20.9 Å². The lowest BCUT2D eigenvalue weighted by atomic mass is 9.71. The van der Waals surface area contributed by atoms with Gasteiger partial charge < -0.3 is 9.26 Å². The van der Waals surface area contributed by atoms with Crippen molar-refractivity contribution in [2.75, 3.05) is 19.3 Å². The van der Waals surface area contributed by atoms with Crippen LogP contribution in [-0.4, -0.2) is 65.7 Å². The molecule has 0 radical (unpaired) electrons. The van der Waals surface area contributed by atoms with Crippen molar-refractivity contribution in [3.8, 4) is 17.4 Å². The molecule has 2 aromatic rings. The second-order valence-electron chi connectivity index (χ2n) is 9.45. The highest BCUT2D eigenvalue weighted by atomic mass is 35.5. The number of likely N-dealkylation sites (N-methyl/N-ethyl adjacent to an activating group) is 1. The number of carbonyl (C=O) groups is 1. The molecule has 9 nitrogen and oxygen atoms in total. The SMILES string of the molecule is C[C@H](Oc1cc(Cl)nc(-c2noc3c2CS(=O)(=O)CC32CCCCC2=O)n1)[C@@H]1CCCN1C. The van der Waals surface area contributed by atoms with E-state index in [1.165, 1.54) is 6.07 Å². The maximum absolute atomic E-state index is 12.9. The van der Waals surface area contributed by atoms with Gasteiger partial charge in [-0.25, -0.2) is 13.4 Å². The number of sulfone groups is 1. The molecule has 0 bridgehead atoms. The van der Waals surface area contributed by atoms with Crippen LogP contribution < -0.4 is 4.74 Å². The number of hydrogen-bond acceptors (Lipinski definition) is 9. The van der Waals surface area contributed by atoms with Crippen LogP contribution in [0, 0.1) is 0 Å². The number of likely N-dealkylation sites (tertiary alicyclic amines) is 1. The Hall–Kier alpha value is -2.04. The number of rotatable bonds is 4. The molecule has 1 saturated carbocycles. The van der Waals surface area contributed by atoms with Crippen molar-refractivity contribution in [2.45, 2.75) is 68.8 Å². The Kier molecular flexibility index (Phi) is 5.73. The zero-order valence-electron chi connectivity index (χ0n) is 18.7. The van der Waals surface area contributed by atoms with E-state index in [1.54, 1.807) is 0 Å². The first-order chi connectivity index (χ1) is 15.7. The maximum atomic E-state index is 12.9. The minimum absolute atomic E-state index is 0.105. The minimum atomic E-state index is -3.54. The first kappa shape index (κ1) is 22.7. The average Bonchev–Trinajstić information content (AvgIpc) is 3.35. The zero-order chi connectivity index (χ0) is 23.4. The summed E-state index contributed by atoms with van der Waals surface area (Å²) in [6.07, 6.45) is 4.32. The summed E-state index contributed by atoms with van der Waals surface area (Å²) >= 11 is 6.27. The van der Waals surface area contributed by atoms with E-state index in [0.717, 1.165) is 32.2 Å². The summed E-state index contributed by atoms with van der Waals surface area (Å²) in [5, 5.41) is 4.28. The summed E-state index contributed by atoms with van der Waals surface area (Å²) in [5.41, 5.74) is -0.618. The van der Waals surface area contributed by atoms with Crippen LogP contribution in [0.4, 0.5) is 0 Å². The van der Waals surface area contributed by atoms with Crippen LogP contribution in [0.3, 0.4) is 0 Å². The first-order valence-corrected chi connectivity index (χ1v) is 13.5. The fourth-order valence-corrected chi connectivity index (χ4v) is 7.72. The van der Waals surface area contributed by atoms with Gasteiger partial charge >= 0.3 is 0 Å². The fourth-order valence-electron chi connectivity index (χ4n) is 5.55. The molecule has 1 spiro atoms. The molecule has 4 heterocycles. The normalized spacial score (nSPS) is 28.1. The Labute approximate surface area is 197 Å². The second-order valence-corrected chi connectivity index (χ2v) is 11.9. The van der Waals surface area contributed by atoms with Crippen molar-refractivity contribution < 1.29 is 22.5 Å². The molecule has 3 atom stereocenters. The Balaban J connectivity index is 1.52. The molecule has 5 rings (SSSR count). The van der Waals surface area contributed by atoms with Crippen molar-refractivity contribution in [1.29, 1.82) is 0 Å². The molecule has 33 heavy (non-hydrogen) atoms. The van der Waals surface area contributed by atoms with Crippen molar-refractivity contribution >= 4 is 27.2 Å². The quantitative estimate of drug-likeness (QED) is 0.591. The number of ketones is 1. The summed E-state index contributed by atoms with van der Waals surface area (Å²) in [7, 11) is -1.47. The summed E-state index contributed by atoms with van der Waals surface area (Å²) in [4.78, 5) is 23.9. The molecule has 178 valence electrons. The van der Waals surface area contributed by atoms with Gasteiger partial charge in [0.25, 0.3) is 0 Å². The number of carbonyl (C=O) groups excluding carboxylic acids is 1. The monoisotopic (exact) mass is 494 g/mol. The third-order valence-electron chi connectivity index (χ3n) is 7.15. The molecule has 2 aromatic heterocycles. The van der Waals surface area contributed by atoms with Crippen molar-refractivity contribution in [1.82, 2.24) is 20.0 Å². The topological polar surface area (TPSA) is 115 Å². The second kappa shape index (κ2) is 8.32. The summed E-state index contributed by atoms with van der Waals surface area (Å²) in [6, 6.07) is 1.80. The molecule has 1 saturated heterocycles. The highest BCUT2D eigenvalue weighted by molar-refractivity contribution is 7.90. The van der Waals surface area contributed by atoms with Crippen LogP contribution in [0.25, 0.3) is 11.5 Å². The Morgan fingerprint density at radius 2 is 2.12 bits per heavy atom. The molecule has 2 fully saturated rings. The number of fused-ring (bicyclic) bond motifs is 2. The highest BCUT2D eigenvalue weighted by Crippen LogP contribution is 2.46. The van der Waals surface area contributed by atoms with Gasteiger partial charge in [0.05, 0.1) is 11.5 Å². The zero-order valence-corrected chi connectivity index (χ0v) is 20.3. The van der Waals surface area contributed by atoms with Gasteiger partial charge in [-0.2, -0.15) is 4.98 Å². The lowest BCUT2D eigenvalue weighted by Crippen LogP contribution is -2.47. The van der Waals surface area contributed by atoms with Gasteiger partial charge in [0, 0.05) is 24.1 Å². The fraction of sp³-hybridized carbons (Fsp3) is 0.636. The minimum Gasteiger partial charge on any atom is -0.473 e. The van der Waals surface area contributed by atoms with Crippen molar-refractivity contribution in [2.24, 2.45) is 0 Å². The van der Waals surface area contributed by atoms with Gasteiger partial charge in [0.1, 0.15) is 22.5 Å². The van der Waals surface area contributed by atoms with Crippen LogP contribution in [0.1, 0.15) is 56.8 Å². The Bertz CT molecular complexity index is 1200. The van der Waals surface area contributed by atoms with Crippen molar-refractivity contribution in [3.05, 3.63) is 22.5 Å². The predicted molar refractivity (Wildman–Crippen MR) is 121 cm³/mol. The summed E-state index contributed by atoms with van der Waals surface area (Å²) in [5.74, 6) is 0.139. The van der Waals surface area contributed by atoms with Crippen molar-refractivity contribution in [3.63, 3.8) is 0 Å². The number of nitrogens with zero attached hydrogens (tertiary/aromatic N) is 4. The van der Waals surface area contributed by atoms with E-state index in [-0.39, 0.29) is 52.0 Å². The molecule has 3 aliphatic rings. The van der Waals surface area contributed by atoms with Crippen LogP contribution in [0.5, 0.6) is 5.88 Å². The number of halogens is 1. The summed E-state index contributed by atoms with van der Waals surface area (Å²) < 4.78 is 37.4. The Morgan fingerprint density at radius 3 is 2.85 bits per heavy atom. The Morgan fingerprint density at radius 1 is 1.30 bits per heavy atom. The maximum Gasteiger partial charge on any atom is 0.218 e. The summed E-state index contributed by atoms with van der Waals surface area (Å²) in [6.45, 7) is 3.01. The predicted octanol–water partition coefficient (Wildman–Crippen LogP) is 2.96. The van der Waals surface area contributed by atoms with E-state index in [2.05, 4.69) is 27.1 Å². The average molecular weight is 495 g/mol. The van der Waals surface area contributed by atoms with Crippen LogP contribution in [-0.2, 0) is 25.8 Å². The van der Waals surface area contributed by atoms with Gasteiger partial charge in [0.2, 0.25) is 5.88 Å². The number of hydrogen-bond donors (Lipinski definition) is 0. The molecule has 1 aliphatic carbocycles. The first-order valence-electron chi connectivity index (χ1n) is 11.3. The van der Waals surface area contributed by atoms with E-state index in [0.29, 0.717) is 24.2 Å². The molecule has 11 heteroatoms. The number of aromatic nitrogens is 3. The number of ether oxygens (including phenoxy) is 1. The molecular formula is C22H27ClN4O5S. The molecule has 0 N–H and O–H groups in total. The third-order valence-corrected chi connectivity index (χ3v) is 9.01. The molecule has 0 aromatic carbocycles. The van der Waals surface area contributed by atoms with Crippen LogP contribution >= 0.6 is 11.6 Å². The number of Topliss-reactive ketones (excluding diaryl/α,β-unsaturated/α-hetero) is 1. The van der Waals surface area contributed by atoms with E-state index in [1.807, 2.05) is 6.92 Å². The van der Waals surface area contributed by atoms with E-state index >= 15 is 0 Å². The lowest BCUT2D eigenvalue weighted by Gasteiger charge is -2.36. The van der Waals surface area contributed by atoms with Crippen LogP contribution in [0.2, 0.25) is 5.15 Å². The molecule has 1 unspecified atom stereocenters. The van der Waals surface area contributed by atoms with Gasteiger partial charge in [-0.1, -0.05) is 23.2 Å². The van der Waals surface area contributed by atoms with Gasteiger partial charge in [0.15, 0.2) is 27.1 Å². The van der Waals surface area contributed by atoms with Gasteiger partial charge in [-0.15, -0.1) is 0 Å². The van der Waals surface area contributed by atoms with Gasteiger partial charge in [-0.3, -0.25) is 9.69 Å². The lowest BCUT2D eigenvalue weighted by molar-refractivity contribution is -0.126. The third kappa shape index (κ3) is 4.06. The largest absolute Gasteiger partial charge is 0.473 e. The van der Waals surface area contributed by atoms with E-state index < -0.39 is 15.3 Å². The smallest absolute Gasteiger partial charge is 0.218 e. The van der Waals surface area contributed by atoms with Gasteiger partial charge in [-0.05, 0) is 46.2 Å². The highest BCUT2D eigenvalue weighted by Gasteiger charge is 2.53. The standard InChI is InChI=1S/C22H27ClN4O5S/c1-13(15-6-5-9-27(15)2)31-18-10-17(23)24-21(25-18)19-14-11-33(29,30)12-22(20(14)32-26-19)8-4-3-7-16(22)28/h10,13,15H,3-9,11-12H2,1-2H3/t13-,15-,22?/m0/s1. The molecule has 0 amide bonds. The van der Waals surface area contributed by atoms with Crippen LogP contribution in [0.15, 0.2) is 10.6 Å². The van der Waals surface area contributed by atoms with E-state index in [9.17, 15) is 13.2 Å². The molecule has 2 aliphatic heterocycles.